The summed E-state index contributed by atoms with van der Waals surface area (Å²) in [5.74, 6) is 0. The summed E-state index contributed by atoms with van der Waals surface area (Å²) in [7, 11) is 2.13. The van der Waals surface area contributed by atoms with Crippen LogP contribution < -0.4 is 4.90 Å². The van der Waals surface area contributed by atoms with Gasteiger partial charge in [-0.1, -0.05) is 18.2 Å². The highest BCUT2D eigenvalue weighted by Gasteiger charge is 2.33. The molecular weight excluding hydrogens is 294 g/mol. The molecule has 1 aliphatic rings. The predicted molar refractivity (Wildman–Crippen MR) is 103 cm³/mol. The molecule has 24 heavy (non-hydrogen) atoms. The van der Waals surface area contributed by atoms with Gasteiger partial charge in [-0.2, -0.15) is 0 Å². The zero-order valence-electron chi connectivity index (χ0n) is 15.2. The molecule has 0 amide bonds. The summed E-state index contributed by atoms with van der Waals surface area (Å²) in [4.78, 5) is 4.63. The van der Waals surface area contributed by atoms with Gasteiger partial charge in [-0.15, -0.1) is 0 Å². The summed E-state index contributed by atoms with van der Waals surface area (Å²) in [5.41, 5.74) is 5.18. The Labute approximate surface area is 143 Å². The van der Waals surface area contributed by atoms with Crippen LogP contribution >= 0.6 is 0 Å². The zero-order chi connectivity index (χ0) is 17.1. The molecule has 4 rings (SSSR count). The Kier molecular flexibility index (Phi) is 3.17. The third kappa shape index (κ3) is 1.90. The summed E-state index contributed by atoms with van der Waals surface area (Å²) in [6.07, 6.45) is 4.34. The molecule has 3 heteroatoms. The zero-order valence-corrected chi connectivity index (χ0v) is 15.2. The number of hydrogen-bond donors (Lipinski definition) is 0. The maximum Gasteiger partial charge on any atom is 0.110 e. The summed E-state index contributed by atoms with van der Waals surface area (Å²) in [6.45, 7) is 9.93. The van der Waals surface area contributed by atoms with Gasteiger partial charge >= 0.3 is 0 Å². The van der Waals surface area contributed by atoms with Gasteiger partial charge in [0.05, 0.1) is 5.52 Å². The Morgan fingerprint density at radius 1 is 0.958 bits per heavy atom. The lowest BCUT2D eigenvalue weighted by atomic mass is 10.1. The van der Waals surface area contributed by atoms with Crippen molar-refractivity contribution in [3.8, 4) is 0 Å². The molecule has 0 saturated carbocycles. The topological polar surface area (TPSA) is 11.4 Å². The largest absolute Gasteiger partial charge is 0.357 e. The second-order valence-corrected chi connectivity index (χ2v) is 7.19. The maximum absolute atomic E-state index is 2.42. The van der Waals surface area contributed by atoms with Crippen LogP contribution in [-0.4, -0.2) is 22.2 Å². The van der Waals surface area contributed by atoms with Gasteiger partial charge in [0, 0.05) is 48.0 Å². The van der Waals surface area contributed by atoms with Crippen LogP contribution in [0.4, 0.5) is 5.69 Å². The van der Waals surface area contributed by atoms with Crippen LogP contribution in [0.15, 0.2) is 48.8 Å². The fourth-order valence-electron chi connectivity index (χ4n) is 3.87. The molecule has 0 spiro atoms. The Morgan fingerprint density at radius 3 is 2.38 bits per heavy atom. The van der Waals surface area contributed by atoms with E-state index in [2.05, 4.69) is 97.9 Å². The van der Waals surface area contributed by atoms with Crippen molar-refractivity contribution in [2.75, 3.05) is 11.9 Å². The molecule has 0 fully saturated rings. The van der Waals surface area contributed by atoms with E-state index >= 15 is 0 Å². The van der Waals surface area contributed by atoms with E-state index in [0.29, 0.717) is 0 Å². The third-order valence-corrected chi connectivity index (χ3v) is 5.56. The van der Waals surface area contributed by atoms with Gasteiger partial charge in [0.15, 0.2) is 0 Å². The number of rotatable bonds is 2. The Balaban J connectivity index is 2.01. The van der Waals surface area contributed by atoms with Crippen molar-refractivity contribution in [1.82, 2.24) is 9.47 Å². The smallest absolute Gasteiger partial charge is 0.110 e. The van der Waals surface area contributed by atoms with Crippen LogP contribution in [0.3, 0.4) is 0 Å². The molecule has 1 aliphatic heterocycles. The molecule has 0 N–H and O–H groups in total. The van der Waals surface area contributed by atoms with Crippen molar-refractivity contribution < 1.29 is 0 Å². The molecule has 2 heterocycles. The number of aryl methyl sites for hydroxylation is 2. The van der Waals surface area contributed by atoms with Gasteiger partial charge in [-0.25, -0.2) is 0 Å². The highest BCUT2D eigenvalue weighted by molar-refractivity contribution is 6.09. The van der Waals surface area contributed by atoms with Crippen molar-refractivity contribution in [2.24, 2.45) is 0 Å². The molecule has 0 saturated heterocycles. The molecule has 124 valence electrons. The standard InChI is InChI=1S/C21H25N3/c1-6-23-18-10-8-7-9-16(18)17-13-15(2)19(14-20(17)23)24-12-11-22(5)21(24,3)4/h7-14H,6H2,1-5H3. The van der Waals surface area contributed by atoms with Crippen LogP contribution in [0.5, 0.6) is 0 Å². The number of anilines is 1. The molecule has 3 aromatic rings. The van der Waals surface area contributed by atoms with E-state index in [9.17, 15) is 0 Å². The molecule has 3 nitrogen and oxygen atoms in total. The average molecular weight is 319 g/mol. The van der Waals surface area contributed by atoms with Crippen LogP contribution in [0, 0.1) is 6.92 Å². The van der Waals surface area contributed by atoms with Gasteiger partial charge in [-0.05, 0) is 51.5 Å². The van der Waals surface area contributed by atoms with Gasteiger partial charge in [0.2, 0.25) is 0 Å². The van der Waals surface area contributed by atoms with Gasteiger partial charge < -0.3 is 14.4 Å². The number of aromatic nitrogens is 1. The average Bonchev–Trinajstić information content (AvgIpc) is 3.01. The van der Waals surface area contributed by atoms with Gasteiger partial charge in [0.25, 0.3) is 0 Å². The first-order valence-electron chi connectivity index (χ1n) is 8.67. The van der Waals surface area contributed by atoms with Gasteiger partial charge in [0.1, 0.15) is 5.66 Å². The molecule has 0 radical (unpaired) electrons. The Morgan fingerprint density at radius 2 is 1.71 bits per heavy atom. The van der Waals surface area contributed by atoms with Crippen molar-refractivity contribution in [3.05, 3.63) is 54.4 Å². The Hall–Kier alpha value is -2.42. The third-order valence-electron chi connectivity index (χ3n) is 5.56. The molecule has 0 aliphatic carbocycles. The number of benzene rings is 2. The molecule has 2 aromatic carbocycles. The van der Waals surface area contributed by atoms with E-state index in [1.54, 1.807) is 0 Å². The van der Waals surface area contributed by atoms with Crippen molar-refractivity contribution in [1.29, 1.82) is 0 Å². The second-order valence-electron chi connectivity index (χ2n) is 7.19. The van der Waals surface area contributed by atoms with Crippen LogP contribution in [0.1, 0.15) is 26.3 Å². The summed E-state index contributed by atoms with van der Waals surface area (Å²) >= 11 is 0. The summed E-state index contributed by atoms with van der Waals surface area (Å²) in [6, 6.07) is 13.4. The minimum Gasteiger partial charge on any atom is -0.357 e. The van der Waals surface area contributed by atoms with Crippen molar-refractivity contribution >= 4 is 27.5 Å². The monoisotopic (exact) mass is 319 g/mol. The first-order valence-corrected chi connectivity index (χ1v) is 8.67. The maximum atomic E-state index is 2.42. The number of para-hydroxylation sites is 1. The second kappa shape index (κ2) is 5.04. The minimum atomic E-state index is -0.0541. The molecule has 0 unspecified atom stereocenters. The lowest BCUT2D eigenvalue weighted by Gasteiger charge is -2.39. The lowest BCUT2D eigenvalue weighted by molar-refractivity contribution is 0.253. The van der Waals surface area contributed by atoms with Crippen LogP contribution in [0.25, 0.3) is 21.8 Å². The van der Waals surface area contributed by atoms with Crippen molar-refractivity contribution in [3.63, 3.8) is 0 Å². The van der Waals surface area contributed by atoms with E-state index in [4.69, 9.17) is 0 Å². The van der Waals surface area contributed by atoms with E-state index in [0.717, 1.165) is 6.54 Å². The number of hydrogen-bond acceptors (Lipinski definition) is 2. The highest BCUT2D eigenvalue weighted by atomic mass is 15.4. The Bertz CT molecular complexity index is 962. The first kappa shape index (κ1) is 15.1. The van der Waals surface area contributed by atoms with E-state index in [-0.39, 0.29) is 5.66 Å². The van der Waals surface area contributed by atoms with Crippen LogP contribution in [0.2, 0.25) is 0 Å². The summed E-state index contributed by atoms with van der Waals surface area (Å²) in [5, 5.41) is 2.69. The summed E-state index contributed by atoms with van der Waals surface area (Å²) < 4.78 is 2.42. The molecule has 1 aromatic heterocycles. The molecular formula is C21H25N3. The number of fused-ring (bicyclic) bond motifs is 3. The fraction of sp³-hybridized carbons (Fsp3) is 0.333. The molecule has 0 bridgehead atoms. The number of nitrogens with zero attached hydrogens (tertiary/aromatic N) is 3. The van der Waals surface area contributed by atoms with Crippen molar-refractivity contribution in [2.45, 2.75) is 39.9 Å². The first-order chi connectivity index (χ1) is 11.4. The predicted octanol–water partition coefficient (Wildman–Crippen LogP) is 5.08. The van der Waals surface area contributed by atoms with E-state index in [1.165, 1.54) is 33.1 Å². The van der Waals surface area contributed by atoms with Crippen LogP contribution in [-0.2, 0) is 6.54 Å². The molecule has 0 atom stereocenters. The highest BCUT2D eigenvalue weighted by Crippen LogP contribution is 2.38. The SMILES string of the molecule is CCn1c2ccccc2c2cc(C)c(N3C=CN(C)C3(C)C)cc21. The van der Waals surface area contributed by atoms with Gasteiger partial charge in [-0.3, -0.25) is 0 Å². The lowest BCUT2D eigenvalue weighted by Crippen LogP contribution is -2.46. The minimum absolute atomic E-state index is 0.0541. The fourth-order valence-corrected chi connectivity index (χ4v) is 3.87. The van der Waals surface area contributed by atoms with E-state index < -0.39 is 0 Å². The normalized spacial score (nSPS) is 16.7. The van der Waals surface area contributed by atoms with E-state index in [1.807, 2.05) is 0 Å². The quantitative estimate of drug-likeness (QED) is 0.652.